The van der Waals surface area contributed by atoms with E-state index < -0.39 is 0 Å². The van der Waals surface area contributed by atoms with E-state index in [4.69, 9.17) is 19.9 Å². The Kier molecular flexibility index (Phi) is 4.23. The molecule has 0 aliphatic carbocycles. The lowest BCUT2D eigenvalue weighted by molar-refractivity contribution is 0.121. The third kappa shape index (κ3) is 3.11. The summed E-state index contributed by atoms with van der Waals surface area (Å²) < 4.78 is 16.4. The topological polar surface area (TPSA) is 53.7 Å². The molecule has 1 unspecified atom stereocenters. The van der Waals surface area contributed by atoms with Crippen LogP contribution < -0.4 is 15.2 Å². The summed E-state index contributed by atoms with van der Waals surface area (Å²) in [6.45, 7) is 4.57. The van der Waals surface area contributed by atoms with Gasteiger partial charge < -0.3 is 19.9 Å². The average Bonchev–Trinajstić information content (AvgIpc) is 2.38. The molecule has 0 amide bonds. The lowest BCUT2D eigenvalue weighted by Crippen LogP contribution is -2.19. The quantitative estimate of drug-likeness (QED) is 0.794. The van der Waals surface area contributed by atoms with Crippen LogP contribution in [0.5, 0.6) is 11.5 Å². The van der Waals surface area contributed by atoms with E-state index in [1.807, 2.05) is 18.2 Å². The molecule has 0 spiro atoms. The van der Waals surface area contributed by atoms with Gasteiger partial charge in [0.15, 0.2) is 11.5 Å². The van der Waals surface area contributed by atoms with Gasteiger partial charge in [-0.1, -0.05) is 13.0 Å². The van der Waals surface area contributed by atoms with E-state index in [1.165, 1.54) is 0 Å². The molecule has 1 aliphatic heterocycles. The maximum Gasteiger partial charge on any atom is 0.161 e. The first-order chi connectivity index (χ1) is 8.31. The second-order valence-corrected chi connectivity index (χ2v) is 4.08. The maximum atomic E-state index is 6.05. The summed E-state index contributed by atoms with van der Waals surface area (Å²) in [6.07, 6.45) is 1.01. The number of hydrogen-bond acceptors (Lipinski definition) is 4. The number of fused-ring (bicyclic) bond motifs is 1. The Morgan fingerprint density at radius 2 is 2.06 bits per heavy atom. The van der Waals surface area contributed by atoms with Gasteiger partial charge in [-0.15, -0.1) is 0 Å². The van der Waals surface area contributed by atoms with Crippen LogP contribution in [0.3, 0.4) is 0 Å². The van der Waals surface area contributed by atoms with Crippen LogP contribution in [-0.4, -0.2) is 26.4 Å². The zero-order chi connectivity index (χ0) is 12.1. The number of benzene rings is 1. The first-order valence-electron chi connectivity index (χ1n) is 6.04. The molecular formula is C13H19NO3. The van der Waals surface area contributed by atoms with E-state index in [0.717, 1.165) is 30.1 Å². The van der Waals surface area contributed by atoms with Gasteiger partial charge in [0, 0.05) is 6.61 Å². The van der Waals surface area contributed by atoms with Crippen molar-refractivity contribution >= 4 is 0 Å². The summed E-state index contributed by atoms with van der Waals surface area (Å²) in [5.74, 6) is 1.57. The average molecular weight is 237 g/mol. The summed E-state index contributed by atoms with van der Waals surface area (Å²) in [6, 6.07) is 5.70. The van der Waals surface area contributed by atoms with E-state index in [2.05, 4.69) is 6.92 Å². The van der Waals surface area contributed by atoms with Crippen molar-refractivity contribution in [3.05, 3.63) is 23.8 Å². The lowest BCUT2D eigenvalue weighted by atomic mass is 10.1. The summed E-state index contributed by atoms with van der Waals surface area (Å²) >= 11 is 0. The molecule has 1 aliphatic rings. The van der Waals surface area contributed by atoms with Crippen LogP contribution in [-0.2, 0) is 4.74 Å². The van der Waals surface area contributed by atoms with E-state index in [-0.39, 0.29) is 6.04 Å². The highest BCUT2D eigenvalue weighted by atomic mass is 16.6. The van der Waals surface area contributed by atoms with Crippen molar-refractivity contribution in [3.8, 4) is 11.5 Å². The van der Waals surface area contributed by atoms with Gasteiger partial charge in [0.2, 0.25) is 0 Å². The van der Waals surface area contributed by atoms with Crippen molar-refractivity contribution in [2.75, 3.05) is 26.4 Å². The number of rotatable bonds is 5. The van der Waals surface area contributed by atoms with Crippen molar-refractivity contribution < 1.29 is 14.2 Å². The highest BCUT2D eigenvalue weighted by Crippen LogP contribution is 2.32. The molecule has 4 heteroatoms. The third-order valence-electron chi connectivity index (χ3n) is 2.64. The van der Waals surface area contributed by atoms with E-state index in [1.54, 1.807) is 0 Å². The fourth-order valence-corrected chi connectivity index (χ4v) is 1.74. The normalized spacial score (nSPS) is 15.6. The second kappa shape index (κ2) is 5.89. The molecule has 94 valence electrons. The van der Waals surface area contributed by atoms with Crippen LogP contribution in [0.25, 0.3) is 0 Å². The van der Waals surface area contributed by atoms with Crippen molar-refractivity contribution in [3.63, 3.8) is 0 Å². The molecule has 0 radical (unpaired) electrons. The molecule has 1 heterocycles. The molecule has 0 aromatic heterocycles. The highest BCUT2D eigenvalue weighted by molar-refractivity contribution is 5.44. The molecule has 0 bridgehead atoms. The SMILES string of the molecule is CCCOCC(N)c1ccc2c(c1)OCCO2. The number of ether oxygens (including phenoxy) is 3. The molecule has 1 aromatic carbocycles. The summed E-state index contributed by atoms with van der Waals surface area (Å²) in [7, 11) is 0. The molecule has 4 nitrogen and oxygen atoms in total. The van der Waals surface area contributed by atoms with Crippen LogP contribution in [0.15, 0.2) is 18.2 Å². The van der Waals surface area contributed by atoms with Crippen molar-refractivity contribution in [1.82, 2.24) is 0 Å². The van der Waals surface area contributed by atoms with Crippen molar-refractivity contribution in [2.45, 2.75) is 19.4 Å². The van der Waals surface area contributed by atoms with E-state index in [0.29, 0.717) is 19.8 Å². The van der Waals surface area contributed by atoms with Crippen LogP contribution in [0.1, 0.15) is 24.9 Å². The predicted octanol–water partition coefficient (Wildman–Crippen LogP) is 1.88. The van der Waals surface area contributed by atoms with Gasteiger partial charge in [0.25, 0.3) is 0 Å². The lowest BCUT2D eigenvalue weighted by Gasteiger charge is -2.20. The minimum absolute atomic E-state index is 0.114. The Morgan fingerprint density at radius 3 is 2.82 bits per heavy atom. The molecule has 0 saturated heterocycles. The molecule has 2 rings (SSSR count). The van der Waals surface area contributed by atoms with Crippen LogP contribution in [0.2, 0.25) is 0 Å². The maximum absolute atomic E-state index is 6.05. The summed E-state index contributed by atoms with van der Waals surface area (Å²) in [5, 5.41) is 0. The fraction of sp³-hybridized carbons (Fsp3) is 0.538. The fourth-order valence-electron chi connectivity index (χ4n) is 1.74. The Labute approximate surface area is 102 Å². The van der Waals surface area contributed by atoms with Gasteiger partial charge in [-0.2, -0.15) is 0 Å². The van der Waals surface area contributed by atoms with Gasteiger partial charge in [-0.25, -0.2) is 0 Å². The van der Waals surface area contributed by atoms with E-state index in [9.17, 15) is 0 Å². The first kappa shape index (κ1) is 12.2. The molecule has 1 atom stereocenters. The number of nitrogens with two attached hydrogens (primary N) is 1. The minimum atomic E-state index is -0.114. The molecule has 2 N–H and O–H groups in total. The van der Waals surface area contributed by atoms with Crippen LogP contribution in [0, 0.1) is 0 Å². The third-order valence-corrected chi connectivity index (χ3v) is 2.64. The highest BCUT2D eigenvalue weighted by Gasteiger charge is 2.14. The van der Waals surface area contributed by atoms with Gasteiger partial charge in [0.05, 0.1) is 12.6 Å². The Balaban J connectivity index is 2.00. The second-order valence-electron chi connectivity index (χ2n) is 4.08. The van der Waals surface area contributed by atoms with Crippen LogP contribution in [0.4, 0.5) is 0 Å². The monoisotopic (exact) mass is 237 g/mol. The molecule has 17 heavy (non-hydrogen) atoms. The predicted molar refractivity (Wildman–Crippen MR) is 65.5 cm³/mol. The first-order valence-corrected chi connectivity index (χ1v) is 6.04. The molecule has 0 fully saturated rings. The van der Waals surface area contributed by atoms with Gasteiger partial charge in [0.1, 0.15) is 13.2 Å². The standard InChI is InChI=1S/C13H19NO3/c1-2-5-15-9-11(14)10-3-4-12-13(8-10)17-7-6-16-12/h3-4,8,11H,2,5-7,9,14H2,1H3. The van der Waals surface area contributed by atoms with Gasteiger partial charge >= 0.3 is 0 Å². The largest absolute Gasteiger partial charge is 0.486 e. The summed E-state index contributed by atoms with van der Waals surface area (Å²) in [5.41, 5.74) is 7.07. The number of hydrogen-bond donors (Lipinski definition) is 1. The molecule has 0 saturated carbocycles. The molecule has 1 aromatic rings. The Morgan fingerprint density at radius 1 is 1.29 bits per heavy atom. The van der Waals surface area contributed by atoms with Gasteiger partial charge in [-0.3, -0.25) is 0 Å². The van der Waals surface area contributed by atoms with Crippen LogP contribution >= 0.6 is 0 Å². The van der Waals surface area contributed by atoms with Gasteiger partial charge in [-0.05, 0) is 24.1 Å². The Bertz CT molecular complexity index is 368. The summed E-state index contributed by atoms with van der Waals surface area (Å²) in [4.78, 5) is 0. The zero-order valence-electron chi connectivity index (χ0n) is 10.1. The molecular weight excluding hydrogens is 218 g/mol. The van der Waals surface area contributed by atoms with E-state index >= 15 is 0 Å². The van der Waals surface area contributed by atoms with Crippen molar-refractivity contribution in [1.29, 1.82) is 0 Å². The minimum Gasteiger partial charge on any atom is -0.486 e. The zero-order valence-corrected chi connectivity index (χ0v) is 10.1. The van der Waals surface area contributed by atoms with Crippen molar-refractivity contribution in [2.24, 2.45) is 5.73 Å². The Hall–Kier alpha value is -1.26. The smallest absolute Gasteiger partial charge is 0.161 e.